The predicted octanol–water partition coefficient (Wildman–Crippen LogP) is 4.19. The van der Waals surface area contributed by atoms with Crippen molar-refractivity contribution >= 4 is 23.1 Å². The van der Waals surface area contributed by atoms with Crippen LogP contribution in [-0.4, -0.2) is 29.0 Å². The number of carbonyl (C=O) groups excluding carboxylic acids is 1. The molecule has 0 bridgehead atoms. The first-order valence-electron chi connectivity index (χ1n) is 8.45. The molecule has 0 amide bonds. The Balaban J connectivity index is 1.67. The van der Waals surface area contributed by atoms with Gasteiger partial charge < -0.3 is 9.84 Å². The number of aliphatic carboxylic acids is 1. The second kappa shape index (κ2) is 8.60. The first-order chi connectivity index (χ1) is 13.1. The van der Waals surface area contributed by atoms with Crippen molar-refractivity contribution in [2.24, 2.45) is 0 Å². The van der Waals surface area contributed by atoms with Crippen LogP contribution in [0.1, 0.15) is 23.6 Å². The molecule has 0 saturated heterocycles. The number of carboxylic acid groups (broad SMARTS) is 1. The molecule has 0 aliphatic heterocycles. The Bertz CT molecular complexity index is 919. The van der Waals surface area contributed by atoms with Crippen LogP contribution in [-0.2, 0) is 16.0 Å². The van der Waals surface area contributed by atoms with Crippen molar-refractivity contribution in [3.05, 3.63) is 71.2 Å². The number of carbonyl (C=O) groups is 2. The first kappa shape index (κ1) is 18.8. The van der Waals surface area contributed by atoms with Gasteiger partial charge in [-0.2, -0.15) is 0 Å². The van der Waals surface area contributed by atoms with Crippen molar-refractivity contribution in [3.8, 4) is 16.3 Å². The number of carboxylic acids is 1. The van der Waals surface area contributed by atoms with E-state index < -0.39 is 11.9 Å². The van der Waals surface area contributed by atoms with Gasteiger partial charge in [0.2, 0.25) is 0 Å². The number of aromatic nitrogens is 1. The Morgan fingerprint density at radius 3 is 2.44 bits per heavy atom. The number of ketones is 1. The number of nitrogens with zero attached hydrogens (tertiary/aromatic N) is 1. The molecule has 6 heteroatoms. The molecule has 1 heterocycles. The Hall–Kier alpha value is -2.99. The normalized spacial score (nSPS) is 11.7. The zero-order valence-corrected chi connectivity index (χ0v) is 15.6. The SMILES string of the molecule is COc1ccc(-c2nc(CC(=O)C[C@@H](C(=O)O)c3ccccc3)cs2)cc1. The van der Waals surface area contributed by atoms with Gasteiger partial charge in [0.1, 0.15) is 16.5 Å². The van der Waals surface area contributed by atoms with E-state index in [2.05, 4.69) is 4.98 Å². The number of rotatable bonds is 8. The lowest BCUT2D eigenvalue weighted by Gasteiger charge is -2.11. The van der Waals surface area contributed by atoms with E-state index >= 15 is 0 Å². The van der Waals surface area contributed by atoms with Crippen LogP contribution in [0.3, 0.4) is 0 Å². The van der Waals surface area contributed by atoms with Crippen LogP contribution in [0.15, 0.2) is 60.0 Å². The van der Waals surface area contributed by atoms with Crippen molar-refractivity contribution in [2.75, 3.05) is 7.11 Å². The lowest BCUT2D eigenvalue weighted by molar-refractivity contribution is -0.140. The lowest BCUT2D eigenvalue weighted by Crippen LogP contribution is -2.17. The average Bonchev–Trinajstić information content (AvgIpc) is 3.15. The molecule has 0 aliphatic carbocycles. The minimum Gasteiger partial charge on any atom is -0.497 e. The molecule has 2 aromatic carbocycles. The highest BCUT2D eigenvalue weighted by Gasteiger charge is 2.23. The summed E-state index contributed by atoms with van der Waals surface area (Å²) in [4.78, 5) is 28.5. The molecule has 27 heavy (non-hydrogen) atoms. The summed E-state index contributed by atoms with van der Waals surface area (Å²) in [5.74, 6) is -1.20. The van der Waals surface area contributed by atoms with Crippen molar-refractivity contribution in [1.82, 2.24) is 4.98 Å². The maximum atomic E-state index is 12.4. The number of methoxy groups -OCH3 is 1. The number of hydrogen-bond acceptors (Lipinski definition) is 5. The topological polar surface area (TPSA) is 76.5 Å². The van der Waals surface area contributed by atoms with Gasteiger partial charge in [0.25, 0.3) is 0 Å². The van der Waals surface area contributed by atoms with Crippen LogP contribution < -0.4 is 4.74 Å². The van der Waals surface area contributed by atoms with Gasteiger partial charge >= 0.3 is 5.97 Å². The molecule has 0 spiro atoms. The van der Waals surface area contributed by atoms with Crippen LogP contribution >= 0.6 is 11.3 Å². The minimum atomic E-state index is -0.994. The molecule has 0 saturated carbocycles. The molecule has 0 aliphatic rings. The number of ether oxygens (including phenoxy) is 1. The zero-order chi connectivity index (χ0) is 19.2. The van der Waals surface area contributed by atoms with Crippen molar-refractivity contribution in [3.63, 3.8) is 0 Å². The molecule has 0 unspecified atom stereocenters. The molecule has 1 atom stereocenters. The molecular weight excluding hydrogens is 362 g/mol. The third-order valence-corrected chi connectivity index (χ3v) is 5.14. The fraction of sp³-hybridized carbons (Fsp3) is 0.190. The van der Waals surface area contributed by atoms with Crippen molar-refractivity contribution in [1.29, 1.82) is 0 Å². The van der Waals surface area contributed by atoms with Crippen LogP contribution in [0.4, 0.5) is 0 Å². The molecule has 5 nitrogen and oxygen atoms in total. The van der Waals surface area contributed by atoms with Gasteiger partial charge in [-0.05, 0) is 29.8 Å². The van der Waals surface area contributed by atoms with Crippen LogP contribution in [0.2, 0.25) is 0 Å². The first-order valence-corrected chi connectivity index (χ1v) is 9.33. The second-order valence-electron chi connectivity index (χ2n) is 6.09. The van der Waals surface area contributed by atoms with E-state index in [0.29, 0.717) is 11.3 Å². The lowest BCUT2D eigenvalue weighted by atomic mass is 9.93. The van der Waals surface area contributed by atoms with E-state index in [-0.39, 0.29) is 18.6 Å². The molecule has 1 aromatic heterocycles. The summed E-state index contributed by atoms with van der Waals surface area (Å²) < 4.78 is 5.15. The summed E-state index contributed by atoms with van der Waals surface area (Å²) in [6.45, 7) is 0. The third-order valence-electron chi connectivity index (χ3n) is 4.20. The highest BCUT2D eigenvalue weighted by Crippen LogP contribution is 2.27. The molecule has 3 rings (SSSR count). The average molecular weight is 381 g/mol. The minimum absolute atomic E-state index is 0.0469. The smallest absolute Gasteiger partial charge is 0.311 e. The van der Waals surface area contributed by atoms with Crippen molar-refractivity contribution < 1.29 is 19.4 Å². The summed E-state index contributed by atoms with van der Waals surface area (Å²) >= 11 is 1.46. The van der Waals surface area contributed by atoms with E-state index in [4.69, 9.17) is 4.74 Å². The molecule has 0 fully saturated rings. The predicted molar refractivity (Wildman–Crippen MR) is 104 cm³/mol. The van der Waals surface area contributed by atoms with Gasteiger partial charge in [-0.25, -0.2) is 4.98 Å². The number of Topliss-reactive ketones (excluding diaryl/α,β-unsaturated/α-hetero) is 1. The number of benzene rings is 2. The highest BCUT2D eigenvalue weighted by molar-refractivity contribution is 7.13. The van der Waals surface area contributed by atoms with Crippen molar-refractivity contribution in [2.45, 2.75) is 18.8 Å². The number of hydrogen-bond donors (Lipinski definition) is 1. The summed E-state index contributed by atoms with van der Waals surface area (Å²) in [5.41, 5.74) is 2.25. The van der Waals surface area contributed by atoms with Crippen LogP contribution in [0, 0.1) is 0 Å². The van der Waals surface area contributed by atoms with E-state index in [1.807, 2.05) is 35.7 Å². The Morgan fingerprint density at radius 1 is 1.11 bits per heavy atom. The standard InChI is InChI=1S/C21H19NO4S/c1-26-18-9-7-15(8-10-18)20-22-16(13-27-20)11-17(23)12-19(21(24)25)14-5-3-2-4-6-14/h2-10,13,19H,11-12H2,1H3,(H,24,25)/t19-/m1/s1. The van der Waals surface area contributed by atoms with E-state index in [1.54, 1.807) is 31.4 Å². The summed E-state index contributed by atoms with van der Waals surface area (Å²) in [5, 5.41) is 12.1. The Morgan fingerprint density at radius 2 is 1.81 bits per heavy atom. The summed E-state index contributed by atoms with van der Waals surface area (Å²) in [6.07, 6.45) is 0.0814. The fourth-order valence-electron chi connectivity index (χ4n) is 2.79. The quantitative estimate of drug-likeness (QED) is 0.633. The van der Waals surface area contributed by atoms with Gasteiger partial charge in [-0.15, -0.1) is 11.3 Å². The van der Waals surface area contributed by atoms with Gasteiger partial charge in [-0.1, -0.05) is 30.3 Å². The van der Waals surface area contributed by atoms with Gasteiger partial charge in [0, 0.05) is 23.8 Å². The van der Waals surface area contributed by atoms with Crippen LogP contribution in [0.25, 0.3) is 10.6 Å². The summed E-state index contributed by atoms with van der Waals surface area (Å²) in [7, 11) is 1.61. The van der Waals surface area contributed by atoms with Gasteiger partial charge in [0.15, 0.2) is 0 Å². The maximum Gasteiger partial charge on any atom is 0.311 e. The second-order valence-corrected chi connectivity index (χ2v) is 6.95. The van der Waals surface area contributed by atoms with E-state index in [0.717, 1.165) is 16.3 Å². The Kier molecular flexibility index (Phi) is 5.98. The highest BCUT2D eigenvalue weighted by atomic mass is 32.1. The molecular formula is C21H19NO4S. The van der Waals surface area contributed by atoms with Crippen LogP contribution in [0.5, 0.6) is 5.75 Å². The maximum absolute atomic E-state index is 12.4. The molecule has 1 N–H and O–H groups in total. The van der Waals surface area contributed by atoms with E-state index in [1.165, 1.54) is 11.3 Å². The Labute approximate surface area is 161 Å². The third kappa shape index (κ3) is 4.80. The van der Waals surface area contributed by atoms with Gasteiger partial charge in [-0.3, -0.25) is 9.59 Å². The zero-order valence-electron chi connectivity index (χ0n) is 14.8. The number of thiazole rings is 1. The van der Waals surface area contributed by atoms with Gasteiger partial charge in [0.05, 0.1) is 18.7 Å². The molecule has 0 radical (unpaired) electrons. The molecule has 138 valence electrons. The largest absolute Gasteiger partial charge is 0.497 e. The van der Waals surface area contributed by atoms with E-state index in [9.17, 15) is 14.7 Å². The monoisotopic (exact) mass is 381 g/mol. The fourth-order valence-corrected chi connectivity index (χ4v) is 3.62. The molecule has 3 aromatic rings. The summed E-state index contributed by atoms with van der Waals surface area (Å²) in [6, 6.07) is 16.4.